The molecule has 3 nitrogen and oxygen atoms in total. The summed E-state index contributed by atoms with van der Waals surface area (Å²) in [5, 5.41) is 0. The van der Waals surface area contributed by atoms with Crippen LogP contribution in [0.15, 0.2) is 36.4 Å². The Kier molecular flexibility index (Phi) is 4.54. The minimum atomic E-state index is -4.47. The van der Waals surface area contributed by atoms with Crippen LogP contribution in [0.5, 0.6) is 0 Å². The number of hydrogen-bond donors (Lipinski definition) is 0. The van der Waals surface area contributed by atoms with Gasteiger partial charge in [-0.25, -0.2) is 0 Å². The first-order valence-corrected chi connectivity index (χ1v) is 7.12. The van der Waals surface area contributed by atoms with Crippen molar-refractivity contribution in [3.8, 4) is 0 Å². The van der Waals surface area contributed by atoms with Gasteiger partial charge in [-0.2, -0.15) is 13.2 Å². The Hall–Kier alpha value is -2.24. The molecule has 0 saturated heterocycles. The maximum absolute atomic E-state index is 12.5. The van der Waals surface area contributed by atoms with Crippen LogP contribution >= 0.6 is 0 Å². The van der Waals surface area contributed by atoms with Crippen molar-refractivity contribution < 1.29 is 27.6 Å². The standard InChI is InChI=1S/C17H15F3O3/c1-11(21)16(9-2-3-15(16)23)10-8-14(22)12-4-6-13(7-5-12)17(18,19)20/h4-8,10H,2-3,9H2,1H3/b10-8+/t16-/m0/s1. The van der Waals surface area contributed by atoms with E-state index in [0.717, 1.165) is 30.3 Å². The molecule has 0 aliphatic heterocycles. The molecule has 0 heterocycles. The average Bonchev–Trinajstić information content (AvgIpc) is 2.86. The average molecular weight is 324 g/mol. The van der Waals surface area contributed by atoms with Crippen molar-refractivity contribution in [2.24, 2.45) is 5.41 Å². The molecule has 1 aromatic rings. The summed E-state index contributed by atoms with van der Waals surface area (Å²) < 4.78 is 37.4. The van der Waals surface area contributed by atoms with Crippen LogP contribution < -0.4 is 0 Å². The van der Waals surface area contributed by atoms with E-state index in [1.165, 1.54) is 13.0 Å². The molecule has 0 spiro atoms. The van der Waals surface area contributed by atoms with Gasteiger partial charge in [-0.05, 0) is 38.0 Å². The maximum atomic E-state index is 12.5. The van der Waals surface area contributed by atoms with Crippen LogP contribution in [-0.4, -0.2) is 17.3 Å². The molecule has 1 aliphatic carbocycles. The normalized spacial score (nSPS) is 21.8. The van der Waals surface area contributed by atoms with Gasteiger partial charge in [-0.15, -0.1) is 0 Å². The van der Waals surface area contributed by atoms with E-state index >= 15 is 0 Å². The largest absolute Gasteiger partial charge is 0.416 e. The molecule has 6 heteroatoms. The molecular formula is C17H15F3O3. The molecule has 1 atom stereocenters. The molecule has 0 unspecified atom stereocenters. The summed E-state index contributed by atoms with van der Waals surface area (Å²) in [7, 11) is 0. The van der Waals surface area contributed by atoms with Crippen LogP contribution in [0.4, 0.5) is 13.2 Å². The second-order valence-corrected chi connectivity index (χ2v) is 5.58. The van der Waals surface area contributed by atoms with E-state index in [1.54, 1.807) is 0 Å². The highest BCUT2D eigenvalue weighted by Gasteiger charge is 2.43. The Balaban J connectivity index is 2.21. The maximum Gasteiger partial charge on any atom is 0.416 e. The van der Waals surface area contributed by atoms with Crippen LogP contribution in [0.3, 0.4) is 0 Å². The molecule has 1 saturated carbocycles. The van der Waals surface area contributed by atoms with Crippen molar-refractivity contribution in [2.75, 3.05) is 0 Å². The van der Waals surface area contributed by atoms with Gasteiger partial charge >= 0.3 is 6.18 Å². The third kappa shape index (κ3) is 3.41. The van der Waals surface area contributed by atoms with Crippen LogP contribution in [0, 0.1) is 5.41 Å². The van der Waals surface area contributed by atoms with E-state index in [2.05, 4.69) is 0 Å². The lowest BCUT2D eigenvalue weighted by Crippen LogP contribution is -2.31. The van der Waals surface area contributed by atoms with Crippen LogP contribution in [0.1, 0.15) is 42.1 Å². The van der Waals surface area contributed by atoms with Gasteiger partial charge in [0.15, 0.2) is 5.78 Å². The number of carbonyl (C=O) groups is 3. The summed E-state index contributed by atoms with van der Waals surface area (Å²) in [5.74, 6) is -1.09. The molecule has 0 amide bonds. The molecule has 0 bridgehead atoms. The highest BCUT2D eigenvalue weighted by Crippen LogP contribution is 2.37. The number of ketones is 3. The Labute approximate surface area is 131 Å². The predicted octanol–water partition coefficient (Wildman–Crippen LogP) is 3.77. The lowest BCUT2D eigenvalue weighted by Gasteiger charge is -2.19. The van der Waals surface area contributed by atoms with Crippen molar-refractivity contribution in [1.82, 2.24) is 0 Å². The van der Waals surface area contributed by atoms with Gasteiger partial charge in [0.05, 0.1) is 5.56 Å². The minimum absolute atomic E-state index is 0.0680. The third-order valence-electron chi connectivity index (χ3n) is 4.12. The molecule has 0 radical (unpaired) electrons. The Morgan fingerprint density at radius 3 is 2.22 bits per heavy atom. The summed E-state index contributed by atoms with van der Waals surface area (Å²) in [6, 6.07) is 3.80. The van der Waals surface area contributed by atoms with Crippen LogP contribution in [0.2, 0.25) is 0 Å². The van der Waals surface area contributed by atoms with Crippen LogP contribution in [-0.2, 0) is 15.8 Å². The van der Waals surface area contributed by atoms with Gasteiger partial charge in [-0.1, -0.05) is 18.2 Å². The summed E-state index contributed by atoms with van der Waals surface area (Å²) in [4.78, 5) is 35.8. The number of allylic oxidation sites excluding steroid dienone is 2. The Bertz CT molecular complexity index is 671. The topological polar surface area (TPSA) is 51.2 Å². The SMILES string of the molecule is CC(=O)[C@@]1(/C=C/C(=O)c2ccc(C(F)(F)F)cc2)CCCC1=O. The monoisotopic (exact) mass is 324 g/mol. The van der Waals surface area contributed by atoms with Gasteiger partial charge in [0.2, 0.25) is 0 Å². The molecule has 23 heavy (non-hydrogen) atoms. The molecule has 122 valence electrons. The fourth-order valence-corrected chi connectivity index (χ4v) is 2.69. The van der Waals surface area contributed by atoms with Gasteiger partial charge < -0.3 is 0 Å². The second kappa shape index (κ2) is 6.10. The lowest BCUT2D eigenvalue weighted by molar-refractivity contribution is -0.137. The third-order valence-corrected chi connectivity index (χ3v) is 4.12. The lowest BCUT2D eigenvalue weighted by atomic mass is 9.80. The minimum Gasteiger partial charge on any atom is -0.299 e. The first kappa shape index (κ1) is 17.1. The Morgan fingerprint density at radius 1 is 1.17 bits per heavy atom. The van der Waals surface area contributed by atoms with E-state index in [0.29, 0.717) is 19.3 Å². The molecule has 0 N–H and O–H groups in total. The van der Waals surface area contributed by atoms with E-state index in [9.17, 15) is 27.6 Å². The number of hydrogen-bond acceptors (Lipinski definition) is 3. The molecule has 1 aliphatic rings. The van der Waals surface area contributed by atoms with Gasteiger partial charge in [0.1, 0.15) is 17.0 Å². The number of alkyl halides is 3. The number of benzene rings is 1. The van der Waals surface area contributed by atoms with Crippen molar-refractivity contribution in [3.63, 3.8) is 0 Å². The molecule has 0 aromatic heterocycles. The van der Waals surface area contributed by atoms with Gasteiger partial charge in [-0.3, -0.25) is 14.4 Å². The van der Waals surface area contributed by atoms with E-state index in [1.807, 2.05) is 0 Å². The summed E-state index contributed by atoms with van der Waals surface area (Å²) in [6.07, 6.45) is -0.835. The van der Waals surface area contributed by atoms with Crippen molar-refractivity contribution in [3.05, 3.63) is 47.5 Å². The fraction of sp³-hybridized carbons (Fsp3) is 0.353. The zero-order valence-corrected chi connectivity index (χ0v) is 12.4. The predicted molar refractivity (Wildman–Crippen MR) is 76.9 cm³/mol. The van der Waals surface area contributed by atoms with E-state index < -0.39 is 22.9 Å². The molecular weight excluding hydrogens is 309 g/mol. The van der Waals surface area contributed by atoms with Crippen molar-refractivity contribution in [2.45, 2.75) is 32.4 Å². The molecule has 1 fully saturated rings. The highest BCUT2D eigenvalue weighted by atomic mass is 19.4. The highest BCUT2D eigenvalue weighted by molar-refractivity contribution is 6.11. The molecule has 2 rings (SSSR count). The van der Waals surface area contributed by atoms with Gasteiger partial charge in [0, 0.05) is 12.0 Å². The first-order chi connectivity index (χ1) is 10.7. The quantitative estimate of drug-likeness (QED) is 0.481. The van der Waals surface area contributed by atoms with E-state index in [4.69, 9.17) is 0 Å². The molecule has 1 aromatic carbocycles. The summed E-state index contributed by atoms with van der Waals surface area (Å²) in [6.45, 7) is 1.30. The number of rotatable bonds is 4. The first-order valence-electron chi connectivity index (χ1n) is 7.12. The van der Waals surface area contributed by atoms with Crippen molar-refractivity contribution in [1.29, 1.82) is 0 Å². The van der Waals surface area contributed by atoms with E-state index in [-0.39, 0.29) is 17.1 Å². The number of Topliss-reactive ketones (excluding diaryl/α,β-unsaturated/α-hetero) is 2. The van der Waals surface area contributed by atoms with Crippen LogP contribution in [0.25, 0.3) is 0 Å². The second-order valence-electron chi connectivity index (χ2n) is 5.58. The van der Waals surface area contributed by atoms with Gasteiger partial charge in [0.25, 0.3) is 0 Å². The zero-order valence-electron chi connectivity index (χ0n) is 12.4. The number of halogens is 3. The smallest absolute Gasteiger partial charge is 0.299 e. The number of carbonyl (C=O) groups excluding carboxylic acids is 3. The summed E-state index contributed by atoms with van der Waals surface area (Å²) >= 11 is 0. The van der Waals surface area contributed by atoms with Crippen molar-refractivity contribution >= 4 is 17.3 Å². The summed E-state index contributed by atoms with van der Waals surface area (Å²) in [5.41, 5.74) is -2.04. The fourth-order valence-electron chi connectivity index (χ4n) is 2.69. The zero-order chi connectivity index (χ0) is 17.3. The Morgan fingerprint density at radius 2 is 1.78 bits per heavy atom.